The van der Waals surface area contributed by atoms with Crippen LogP contribution < -0.4 is 0 Å². The molecule has 24 heavy (non-hydrogen) atoms. The number of benzene rings is 2. The first-order chi connectivity index (χ1) is 11.8. The highest BCUT2D eigenvalue weighted by atomic mass is 16.5. The Kier molecular flexibility index (Phi) is 3.87. The van der Waals surface area contributed by atoms with Crippen LogP contribution in [0, 0.1) is 0 Å². The van der Waals surface area contributed by atoms with E-state index < -0.39 is 0 Å². The highest BCUT2D eigenvalue weighted by Crippen LogP contribution is 2.30. The van der Waals surface area contributed by atoms with E-state index in [4.69, 9.17) is 4.52 Å². The van der Waals surface area contributed by atoms with Gasteiger partial charge in [0.25, 0.3) is 5.91 Å². The van der Waals surface area contributed by atoms with Crippen LogP contribution >= 0.6 is 0 Å². The van der Waals surface area contributed by atoms with E-state index in [1.54, 1.807) is 0 Å². The van der Waals surface area contributed by atoms with E-state index in [1.807, 2.05) is 71.6 Å². The van der Waals surface area contributed by atoms with Crippen molar-refractivity contribution in [3.8, 4) is 11.3 Å². The number of carbonyl (C=O) groups is 1. The second-order valence-corrected chi connectivity index (χ2v) is 6.08. The van der Waals surface area contributed by atoms with Crippen LogP contribution in [0.25, 0.3) is 11.3 Å². The fraction of sp³-hybridized carbons (Fsp3) is 0.200. The summed E-state index contributed by atoms with van der Waals surface area (Å²) in [4.78, 5) is 14.7. The summed E-state index contributed by atoms with van der Waals surface area (Å²) in [6, 6.07) is 21.5. The molecular weight excluding hydrogens is 300 g/mol. The molecule has 0 bridgehead atoms. The van der Waals surface area contributed by atoms with Crippen LogP contribution in [-0.4, -0.2) is 22.0 Å². The molecule has 4 nitrogen and oxygen atoms in total. The summed E-state index contributed by atoms with van der Waals surface area (Å²) in [6.07, 6.45) is 2.12. The quantitative estimate of drug-likeness (QED) is 0.710. The first kappa shape index (κ1) is 14.7. The van der Waals surface area contributed by atoms with Gasteiger partial charge in [0.2, 0.25) is 0 Å². The molecule has 1 heterocycles. The predicted octanol–water partition coefficient (Wildman–Crippen LogP) is 4.15. The van der Waals surface area contributed by atoms with Gasteiger partial charge in [0.1, 0.15) is 5.69 Å². The highest BCUT2D eigenvalue weighted by Gasteiger charge is 2.33. The van der Waals surface area contributed by atoms with Gasteiger partial charge >= 0.3 is 0 Å². The Labute approximate surface area is 140 Å². The lowest BCUT2D eigenvalue weighted by Gasteiger charge is -2.21. The van der Waals surface area contributed by atoms with Gasteiger partial charge in [-0.1, -0.05) is 53.7 Å². The van der Waals surface area contributed by atoms with Gasteiger partial charge in [-0.2, -0.15) is 0 Å². The summed E-state index contributed by atoms with van der Waals surface area (Å²) >= 11 is 0. The van der Waals surface area contributed by atoms with Gasteiger partial charge in [0, 0.05) is 23.2 Å². The van der Waals surface area contributed by atoms with Gasteiger partial charge in [-0.05, 0) is 25.0 Å². The SMILES string of the molecule is O=C(c1ccccc1)N(Cc1cc(-c2ccccc2)on1)C1CC1. The molecular formula is C20H18N2O2. The molecule has 0 aliphatic heterocycles. The molecule has 0 spiro atoms. The van der Waals surface area contributed by atoms with Crippen molar-refractivity contribution in [2.24, 2.45) is 0 Å². The Morgan fingerprint density at radius 3 is 2.38 bits per heavy atom. The smallest absolute Gasteiger partial charge is 0.254 e. The van der Waals surface area contributed by atoms with E-state index in [0.29, 0.717) is 12.6 Å². The molecule has 2 aromatic carbocycles. The minimum Gasteiger partial charge on any atom is -0.356 e. The van der Waals surface area contributed by atoms with Crippen molar-refractivity contribution in [2.75, 3.05) is 0 Å². The molecule has 0 saturated heterocycles. The molecule has 3 aromatic rings. The van der Waals surface area contributed by atoms with Crippen molar-refractivity contribution in [3.63, 3.8) is 0 Å². The van der Waals surface area contributed by atoms with Gasteiger partial charge in [-0.15, -0.1) is 0 Å². The van der Waals surface area contributed by atoms with Crippen LogP contribution in [0.5, 0.6) is 0 Å². The summed E-state index contributed by atoms with van der Waals surface area (Å²) < 4.78 is 5.45. The van der Waals surface area contributed by atoms with E-state index in [2.05, 4.69) is 5.16 Å². The Bertz CT molecular complexity index is 823. The molecule has 4 heteroatoms. The molecule has 0 atom stereocenters. The van der Waals surface area contributed by atoms with E-state index >= 15 is 0 Å². The Morgan fingerprint density at radius 1 is 1.04 bits per heavy atom. The molecule has 0 N–H and O–H groups in total. The number of hydrogen-bond donors (Lipinski definition) is 0. The highest BCUT2D eigenvalue weighted by molar-refractivity contribution is 5.94. The predicted molar refractivity (Wildman–Crippen MR) is 91.3 cm³/mol. The summed E-state index contributed by atoms with van der Waals surface area (Å²) in [5, 5.41) is 4.15. The molecule has 1 fully saturated rings. The number of aromatic nitrogens is 1. The molecule has 1 aromatic heterocycles. The van der Waals surface area contributed by atoms with Gasteiger partial charge < -0.3 is 9.42 Å². The lowest BCUT2D eigenvalue weighted by Crippen LogP contribution is -2.32. The summed E-state index contributed by atoms with van der Waals surface area (Å²) in [6.45, 7) is 0.481. The largest absolute Gasteiger partial charge is 0.356 e. The summed E-state index contributed by atoms with van der Waals surface area (Å²) in [7, 11) is 0. The lowest BCUT2D eigenvalue weighted by atomic mass is 10.1. The zero-order chi connectivity index (χ0) is 16.4. The second-order valence-electron chi connectivity index (χ2n) is 6.08. The molecule has 1 aliphatic rings. The van der Waals surface area contributed by atoms with E-state index in [-0.39, 0.29) is 5.91 Å². The zero-order valence-electron chi connectivity index (χ0n) is 13.3. The molecule has 4 rings (SSSR count). The van der Waals surface area contributed by atoms with Crippen LogP contribution in [0.1, 0.15) is 28.9 Å². The molecule has 1 saturated carbocycles. The third kappa shape index (κ3) is 3.08. The number of carbonyl (C=O) groups excluding carboxylic acids is 1. The van der Waals surface area contributed by atoms with E-state index in [0.717, 1.165) is 35.4 Å². The fourth-order valence-electron chi connectivity index (χ4n) is 2.80. The topological polar surface area (TPSA) is 46.3 Å². The monoisotopic (exact) mass is 318 g/mol. The zero-order valence-corrected chi connectivity index (χ0v) is 13.3. The second kappa shape index (κ2) is 6.32. The maximum Gasteiger partial charge on any atom is 0.254 e. The Balaban J connectivity index is 1.54. The van der Waals surface area contributed by atoms with Crippen LogP contribution in [-0.2, 0) is 6.54 Å². The van der Waals surface area contributed by atoms with Crippen LogP contribution in [0.3, 0.4) is 0 Å². The third-order valence-corrected chi connectivity index (χ3v) is 4.22. The molecule has 0 unspecified atom stereocenters. The van der Waals surface area contributed by atoms with Crippen molar-refractivity contribution in [1.29, 1.82) is 0 Å². The first-order valence-corrected chi connectivity index (χ1v) is 8.18. The van der Waals surface area contributed by atoms with Gasteiger partial charge in [0.15, 0.2) is 5.76 Å². The minimum atomic E-state index is 0.0577. The van der Waals surface area contributed by atoms with Gasteiger partial charge in [-0.3, -0.25) is 4.79 Å². The number of amides is 1. The van der Waals surface area contributed by atoms with Crippen molar-refractivity contribution in [3.05, 3.63) is 78.0 Å². The van der Waals surface area contributed by atoms with Crippen LogP contribution in [0.4, 0.5) is 0 Å². The average molecular weight is 318 g/mol. The summed E-state index contributed by atoms with van der Waals surface area (Å²) in [5.74, 6) is 0.788. The van der Waals surface area contributed by atoms with Crippen molar-refractivity contribution >= 4 is 5.91 Å². The number of nitrogens with zero attached hydrogens (tertiary/aromatic N) is 2. The number of rotatable bonds is 5. The molecule has 1 amide bonds. The third-order valence-electron chi connectivity index (χ3n) is 4.22. The average Bonchev–Trinajstić information content (AvgIpc) is 3.38. The normalized spacial score (nSPS) is 13.7. The van der Waals surface area contributed by atoms with E-state index in [9.17, 15) is 4.79 Å². The van der Waals surface area contributed by atoms with Crippen molar-refractivity contribution < 1.29 is 9.32 Å². The van der Waals surface area contributed by atoms with Gasteiger partial charge in [0.05, 0.1) is 6.54 Å². The molecule has 120 valence electrons. The summed E-state index contributed by atoms with van der Waals surface area (Å²) in [5.41, 5.74) is 2.49. The molecule has 1 aliphatic carbocycles. The first-order valence-electron chi connectivity index (χ1n) is 8.18. The number of hydrogen-bond acceptors (Lipinski definition) is 3. The fourth-order valence-corrected chi connectivity index (χ4v) is 2.80. The standard InChI is InChI=1S/C20H18N2O2/c23-20(16-9-5-2-6-10-16)22(18-11-12-18)14-17-13-19(24-21-17)15-7-3-1-4-8-15/h1-10,13,18H,11-12,14H2. The van der Waals surface area contributed by atoms with E-state index in [1.165, 1.54) is 0 Å². The lowest BCUT2D eigenvalue weighted by molar-refractivity contribution is 0.0726. The maximum atomic E-state index is 12.8. The Hall–Kier alpha value is -2.88. The van der Waals surface area contributed by atoms with Crippen molar-refractivity contribution in [2.45, 2.75) is 25.4 Å². The van der Waals surface area contributed by atoms with Crippen LogP contribution in [0.15, 0.2) is 71.3 Å². The maximum absolute atomic E-state index is 12.8. The molecule has 0 radical (unpaired) electrons. The van der Waals surface area contributed by atoms with Crippen LogP contribution in [0.2, 0.25) is 0 Å². The van der Waals surface area contributed by atoms with Crippen molar-refractivity contribution in [1.82, 2.24) is 10.1 Å². The Morgan fingerprint density at radius 2 is 1.71 bits per heavy atom. The van der Waals surface area contributed by atoms with Gasteiger partial charge in [-0.25, -0.2) is 0 Å². The minimum absolute atomic E-state index is 0.0577.